The molecule has 4 heteroatoms. The molecule has 0 saturated heterocycles. The van der Waals surface area contributed by atoms with E-state index in [1.165, 1.54) is 0 Å². The lowest BCUT2D eigenvalue weighted by Crippen LogP contribution is -2.35. The first kappa shape index (κ1) is 16.2. The Bertz CT molecular complexity index is 462. The molecule has 1 N–H and O–H groups in total. The van der Waals surface area contributed by atoms with Gasteiger partial charge in [0.05, 0.1) is 11.6 Å². The standard InChI is InChI=1S/C16H23N3O/c1-4-13(3)19(5-2)11-10-16(20)18-15-8-6-14(12-17)7-9-15/h6-9,13H,4-5,10-11H2,1-3H3,(H,18,20). The third kappa shape index (κ3) is 5.02. The molecule has 0 aromatic heterocycles. The summed E-state index contributed by atoms with van der Waals surface area (Å²) in [6.07, 6.45) is 1.57. The van der Waals surface area contributed by atoms with Gasteiger partial charge in [0.1, 0.15) is 0 Å². The highest BCUT2D eigenvalue weighted by atomic mass is 16.1. The molecule has 0 saturated carbocycles. The number of nitrogens with zero attached hydrogens (tertiary/aromatic N) is 2. The Balaban J connectivity index is 2.45. The highest BCUT2D eigenvalue weighted by molar-refractivity contribution is 5.90. The monoisotopic (exact) mass is 273 g/mol. The largest absolute Gasteiger partial charge is 0.326 e. The Morgan fingerprint density at radius 2 is 2.00 bits per heavy atom. The third-order valence-electron chi connectivity index (χ3n) is 3.54. The van der Waals surface area contributed by atoms with Gasteiger partial charge in [-0.25, -0.2) is 0 Å². The molecule has 1 atom stereocenters. The van der Waals surface area contributed by atoms with Crippen LogP contribution in [0, 0.1) is 11.3 Å². The van der Waals surface area contributed by atoms with Gasteiger partial charge in [-0.05, 0) is 44.2 Å². The van der Waals surface area contributed by atoms with E-state index in [2.05, 4.69) is 37.1 Å². The van der Waals surface area contributed by atoms with Crippen molar-refractivity contribution in [1.29, 1.82) is 5.26 Å². The average Bonchev–Trinajstić information content (AvgIpc) is 2.48. The quantitative estimate of drug-likeness (QED) is 0.831. The van der Waals surface area contributed by atoms with Crippen LogP contribution >= 0.6 is 0 Å². The topological polar surface area (TPSA) is 56.1 Å². The number of nitrogens with one attached hydrogen (secondary N) is 1. The maximum absolute atomic E-state index is 11.9. The Kier molecular flexibility index (Phi) is 6.75. The third-order valence-corrected chi connectivity index (χ3v) is 3.54. The lowest BCUT2D eigenvalue weighted by Gasteiger charge is -2.26. The number of rotatable bonds is 7. The van der Waals surface area contributed by atoms with E-state index in [0.717, 1.165) is 25.2 Å². The van der Waals surface area contributed by atoms with Crippen molar-refractivity contribution >= 4 is 11.6 Å². The second kappa shape index (κ2) is 8.34. The lowest BCUT2D eigenvalue weighted by atomic mass is 10.2. The van der Waals surface area contributed by atoms with Crippen LogP contribution in [0.3, 0.4) is 0 Å². The molecular formula is C16H23N3O. The molecule has 1 rings (SSSR count). The Morgan fingerprint density at radius 1 is 1.35 bits per heavy atom. The molecule has 0 heterocycles. The fraction of sp³-hybridized carbons (Fsp3) is 0.500. The minimum absolute atomic E-state index is 0.0106. The molecule has 1 unspecified atom stereocenters. The van der Waals surface area contributed by atoms with Crippen molar-refractivity contribution in [3.63, 3.8) is 0 Å². The number of amides is 1. The van der Waals surface area contributed by atoms with Crippen LogP contribution in [-0.4, -0.2) is 29.9 Å². The molecule has 0 spiro atoms. The predicted molar refractivity (Wildman–Crippen MR) is 81.4 cm³/mol. The Morgan fingerprint density at radius 3 is 2.50 bits per heavy atom. The van der Waals surface area contributed by atoms with Crippen LogP contribution in [0.15, 0.2) is 24.3 Å². The van der Waals surface area contributed by atoms with Gasteiger partial charge < -0.3 is 10.2 Å². The van der Waals surface area contributed by atoms with E-state index < -0.39 is 0 Å². The molecular weight excluding hydrogens is 250 g/mol. The lowest BCUT2D eigenvalue weighted by molar-refractivity contribution is -0.116. The molecule has 1 aromatic carbocycles. The van der Waals surface area contributed by atoms with Crippen LogP contribution < -0.4 is 5.32 Å². The summed E-state index contributed by atoms with van der Waals surface area (Å²) in [6, 6.07) is 9.47. The average molecular weight is 273 g/mol. The van der Waals surface area contributed by atoms with Gasteiger partial charge in [0, 0.05) is 24.7 Å². The fourth-order valence-electron chi connectivity index (χ4n) is 2.05. The highest BCUT2D eigenvalue weighted by Gasteiger charge is 2.11. The summed E-state index contributed by atoms with van der Waals surface area (Å²) in [6.45, 7) is 8.18. The Labute approximate surface area is 121 Å². The van der Waals surface area contributed by atoms with Crippen LogP contribution in [0.4, 0.5) is 5.69 Å². The molecule has 1 aromatic rings. The summed E-state index contributed by atoms with van der Waals surface area (Å²) in [4.78, 5) is 14.2. The van der Waals surface area contributed by atoms with Crippen LogP contribution in [-0.2, 0) is 4.79 Å². The molecule has 20 heavy (non-hydrogen) atoms. The molecule has 0 bridgehead atoms. The molecule has 108 valence electrons. The molecule has 0 aliphatic rings. The number of benzene rings is 1. The first-order chi connectivity index (χ1) is 9.60. The molecule has 0 aliphatic heterocycles. The van der Waals surface area contributed by atoms with Gasteiger partial charge in [0.15, 0.2) is 0 Å². The van der Waals surface area contributed by atoms with E-state index in [4.69, 9.17) is 5.26 Å². The second-order valence-electron chi connectivity index (χ2n) is 4.87. The molecule has 0 aliphatic carbocycles. The summed E-state index contributed by atoms with van der Waals surface area (Å²) in [5.74, 6) is 0.0106. The van der Waals surface area contributed by atoms with Crippen molar-refractivity contribution in [2.45, 2.75) is 39.7 Å². The van der Waals surface area contributed by atoms with Crippen LogP contribution in [0.1, 0.15) is 39.2 Å². The van der Waals surface area contributed by atoms with Crippen LogP contribution in [0.2, 0.25) is 0 Å². The maximum atomic E-state index is 11.9. The summed E-state index contributed by atoms with van der Waals surface area (Å²) in [5.41, 5.74) is 1.33. The van der Waals surface area contributed by atoms with E-state index >= 15 is 0 Å². The first-order valence-electron chi connectivity index (χ1n) is 7.14. The minimum Gasteiger partial charge on any atom is -0.326 e. The van der Waals surface area contributed by atoms with E-state index in [0.29, 0.717) is 18.0 Å². The summed E-state index contributed by atoms with van der Waals surface area (Å²) in [5, 5.41) is 11.6. The van der Waals surface area contributed by atoms with E-state index in [-0.39, 0.29) is 5.91 Å². The molecule has 0 radical (unpaired) electrons. The van der Waals surface area contributed by atoms with Crippen LogP contribution in [0.25, 0.3) is 0 Å². The van der Waals surface area contributed by atoms with Gasteiger partial charge in [-0.15, -0.1) is 0 Å². The summed E-state index contributed by atoms with van der Waals surface area (Å²) < 4.78 is 0. The minimum atomic E-state index is 0.0106. The number of hydrogen-bond donors (Lipinski definition) is 1. The van der Waals surface area contributed by atoms with E-state index in [1.54, 1.807) is 24.3 Å². The first-order valence-corrected chi connectivity index (χ1v) is 7.14. The van der Waals surface area contributed by atoms with Gasteiger partial charge in [-0.3, -0.25) is 4.79 Å². The SMILES string of the molecule is CCC(C)N(CC)CCC(=O)Nc1ccc(C#N)cc1. The van der Waals surface area contributed by atoms with Crippen molar-refractivity contribution in [2.24, 2.45) is 0 Å². The molecule has 0 fully saturated rings. The van der Waals surface area contributed by atoms with Gasteiger partial charge in [0.2, 0.25) is 5.91 Å². The number of hydrogen-bond acceptors (Lipinski definition) is 3. The van der Waals surface area contributed by atoms with Crippen molar-refractivity contribution in [3.8, 4) is 6.07 Å². The number of anilines is 1. The normalized spacial score (nSPS) is 11.9. The van der Waals surface area contributed by atoms with E-state index in [9.17, 15) is 4.79 Å². The molecule has 4 nitrogen and oxygen atoms in total. The number of carbonyl (C=O) groups excluding carboxylic acids is 1. The van der Waals surface area contributed by atoms with Crippen molar-refractivity contribution in [3.05, 3.63) is 29.8 Å². The summed E-state index contributed by atoms with van der Waals surface area (Å²) in [7, 11) is 0. The highest BCUT2D eigenvalue weighted by Crippen LogP contribution is 2.10. The predicted octanol–water partition coefficient (Wildman–Crippen LogP) is 3.01. The van der Waals surface area contributed by atoms with Crippen molar-refractivity contribution in [1.82, 2.24) is 4.90 Å². The molecule has 1 amide bonds. The van der Waals surface area contributed by atoms with Gasteiger partial charge in [0.25, 0.3) is 0 Å². The van der Waals surface area contributed by atoms with Gasteiger partial charge in [-0.2, -0.15) is 5.26 Å². The fourth-order valence-corrected chi connectivity index (χ4v) is 2.05. The zero-order valence-corrected chi connectivity index (χ0v) is 12.5. The van der Waals surface area contributed by atoms with E-state index in [1.807, 2.05) is 0 Å². The zero-order valence-electron chi connectivity index (χ0n) is 12.5. The Hall–Kier alpha value is -1.86. The van der Waals surface area contributed by atoms with Crippen LogP contribution in [0.5, 0.6) is 0 Å². The van der Waals surface area contributed by atoms with Gasteiger partial charge >= 0.3 is 0 Å². The second-order valence-corrected chi connectivity index (χ2v) is 4.87. The van der Waals surface area contributed by atoms with Gasteiger partial charge in [-0.1, -0.05) is 13.8 Å². The summed E-state index contributed by atoms with van der Waals surface area (Å²) >= 11 is 0. The van der Waals surface area contributed by atoms with Crippen molar-refractivity contribution < 1.29 is 4.79 Å². The number of carbonyl (C=O) groups is 1. The smallest absolute Gasteiger partial charge is 0.225 e. The zero-order chi connectivity index (χ0) is 15.0. The maximum Gasteiger partial charge on any atom is 0.225 e. The number of nitriles is 1. The van der Waals surface area contributed by atoms with Crippen molar-refractivity contribution in [2.75, 3.05) is 18.4 Å².